The van der Waals surface area contributed by atoms with E-state index in [1.54, 1.807) is 22.3 Å². The summed E-state index contributed by atoms with van der Waals surface area (Å²) in [6.07, 6.45) is 0. The maximum atomic E-state index is 12.7. The van der Waals surface area contributed by atoms with Crippen LogP contribution in [0, 0.1) is 0 Å². The molecule has 0 unspecified atom stereocenters. The summed E-state index contributed by atoms with van der Waals surface area (Å²) in [5.74, 6) is -0.276. The number of thiazole rings is 1. The molecule has 0 atom stereocenters. The molecule has 0 bridgehead atoms. The monoisotopic (exact) mass is 402 g/mol. The van der Waals surface area contributed by atoms with Gasteiger partial charge >= 0.3 is 6.03 Å². The Hall–Kier alpha value is -2.45. The van der Waals surface area contributed by atoms with E-state index in [-0.39, 0.29) is 17.4 Å². The molecule has 3 rings (SSSR count). The molecule has 3 amide bonds. The van der Waals surface area contributed by atoms with Crippen LogP contribution in [0.5, 0.6) is 0 Å². The first-order valence-electron chi connectivity index (χ1n) is 9.23. The van der Waals surface area contributed by atoms with Crippen LogP contribution in [0.1, 0.15) is 36.8 Å². The number of para-hydroxylation sites is 1. The SMILES string of the molecule is COCCN1CCN(c2nc(C(=O)Nc3ccccc3C(C)(C)C)cs2)C1=O. The molecule has 0 saturated carbocycles. The Labute approximate surface area is 169 Å². The van der Waals surface area contributed by atoms with Gasteiger partial charge in [0.25, 0.3) is 5.91 Å². The van der Waals surface area contributed by atoms with Gasteiger partial charge in [-0.2, -0.15) is 0 Å². The van der Waals surface area contributed by atoms with Crippen molar-refractivity contribution in [2.45, 2.75) is 26.2 Å². The molecule has 0 radical (unpaired) electrons. The number of carbonyl (C=O) groups excluding carboxylic acids is 2. The normalized spacial score (nSPS) is 14.6. The highest BCUT2D eigenvalue weighted by molar-refractivity contribution is 7.14. The quantitative estimate of drug-likeness (QED) is 0.801. The fourth-order valence-corrected chi connectivity index (χ4v) is 3.92. The van der Waals surface area contributed by atoms with E-state index in [9.17, 15) is 9.59 Å². The molecule has 1 fully saturated rings. The van der Waals surface area contributed by atoms with Gasteiger partial charge < -0.3 is 15.0 Å². The number of rotatable bonds is 6. The van der Waals surface area contributed by atoms with E-state index in [0.717, 1.165) is 11.3 Å². The van der Waals surface area contributed by atoms with Gasteiger partial charge in [0, 0.05) is 37.8 Å². The highest BCUT2D eigenvalue weighted by Crippen LogP contribution is 2.30. The Morgan fingerprint density at radius 1 is 1.29 bits per heavy atom. The largest absolute Gasteiger partial charge is 0.383 e. The zero-order valence-electron chi connectivity index (χ0n) is 16.7. The van der Waals surface area contributed by atoms with Gasteiger partial charge in [-0.25, -0.2) is 9.78 Å². The molecule has 1 aromatic heterocycles. The molecular weight excluding hydrogens is 376 g/mol. The van der Waals surface area contributed by atoms with Crippen molar-refractivity contribution >= 4 is 34.1 Å². The number of amides is 3. The molecule has 2 aromatic rings. The lowest BCUT2D eigenvalue weighted by Crippen LogP contribution is -2.33. The van der Waals surface area contributed by atoms with Crippen LogP contribution < -0.4 is 10.2 Å². The molecule has 28 heavy (non-hydrogen) atoms. The predicted molar refractivity (Wildman–Crippen MR) is 111 cm³/mol. The van der Waals surface area contributed by atoms with Crippen LogP contribution in [-0.2, 0) is 10.2 Å². The van der Waals surface area contributed by atoms with Gasteiger partial charge in [-0.1, -0.05) is 39.0 Å². The fourth-order valence-electron chi connectivity index (χ4n) is 3.09. The van der Waals surface area contributed by atoms with Gasteiger partial charge in [-0.05, 0) is 17.0 Å². The number of hydrogen-bond donors (Lipinski definition) is 1. The smallest absolute Gasteiger partial charge is 0.326 e. The number of nitrogens with one attached hydrogen (secondary N) is 1. The van der Waals surface area contributed by atoms with Crippen molar-refractivity contribution in [1.82, 2.24) is 9.88 Å². The number of benzene rings is 1. The zero-order valence-corrected chi connectivity index (χ0v) is 17.5. The molecule has 0 aliphatic carbocycles. The Morgan fingerprint density at radius 3 is 2.75 bits per heavy atom. The number of nitrogens with zero attached hydrogens (tertiary/aromatic N) is 3. The Morgan fingerprint density at radius 2 is 2.04 bits per heavy atom. The molecule has 8 heteroatoms. The Balaban J connectivity index is 1.71. The Bertz CT molecular complexity index is 859. The van der Waals surface area contributed by atoms with Gasteiger partial charge in [-0.3, -0.25) is 9.69 Å². The molecule has 150 valence electrons. The summed E-state index contributed by atoms with van der Waals surface area (Å²) in [6, 6.07) is 7.67. The summed E-state index contributed by atoms with van der Waals surface area (Å²) >= 11 is 1.30. The number of anilines is 2. The van der Waals surface area contributed by atoms with Crippen LogP contribution >= 0.6 is 11.3 Å². The second kappa shape index (κ2) is 8.28. The van der Waals surface area contributed by atoms with Crippen LogP contribution in [0.25, 0.3) is 0 Å². The summed E-state index contributed by atoms with van der Waals surface area (Å²) < 4.78 is 5.04. The third kappa shape index (κ3) is 4.34. The summed E-state index contributed by atoms with van der Waals surface area (Å²) in [5, 5.41) is 5.19. The standard InChI is InChI=1S/C20H26N4O3S/c1-20(2,3)14-7-5-6-8-15(14)21-17(25)16-13-28-18(22-16)24-10-9-23(19(24)26)11-12-27-4/h5-8,13H,9-12H2,1-4H3,(H,21,25). The number of hydrogen-bond acceptors (Lipinski definition) is 5. The van der Waals surface area contributed by atoms with Gasteiger partial charge in [0.2, 0.25) is 0 Å². The zero-order chi connectivity index (χ0) is 20.3. The predicted octanol–water partition coefficient (Wildman–Crippen LogP) is 3.58. The van der Waals surface area contributed by atoms with E-state index in [1.165, 1.54) is 11.3 Å². The van der Waals surface area contributed by atoms with Crippen LogP contribution in [-0.4, -0.2) is 55.2 Å². The molecule has 7 nitrogen and oxygen atoms in total. The minimum Gasteiger partial charge on any atom is -0.383 e. The molecule has 1 saturated heterocycles. The highest BCUT2D eigenvalue weighted by atomic mass is 32.1. The van der Waals surface area contributed by atoms with Gasteiger partial charge in [0.15, 0.2) is 5.13 Å². The highest BCUT2D eigenvalue weighted by Gasteiger charge is 2.31. The van der Waals surface area contributed by atoms with Gasteiger partial charge in [0.05, 0.1) is 6.61 Å². The van der Waals surface area contributed by atoms with Crippen molar-refractivity contribution in [2.75, 3.05) is 43.6 Å². The third-order valence-electron chi connectivity index (χ3n) is 4.60. The molecule has 0 spiro atoms. The van der Waals surface area contributed by atoms with Crippen molar-refractivity contribution in [1.29, 1.82) is 0 Å². The number of ether oxygens (including phenoxy) is 1. The van der Waals surface area contributed by atoms with Crippen LogP contribution in [0.2, 0.25) is 0 Å². The number of aromatic nitrogens is 1. The summed E-state index contributed by atoms with van der Waals surface area (Å²) in [7, 11) is 1.61. The van der Waals surface area contributed by atoms with Crippen molar-refractivity contribution in [3.05, 3.63) is 40.9 Å². The first kappa shape index (κ1) is 20.3. The van der Waals surface area contributed by atoms with E-state index in [2.05, 4.69) is 31.1 Å². The summed E-state index contributed by atoms with van der Waals surface area (Å²) in [5.41, 5.74) is 2.05. The average molecular weight is 403 g/mol. The van der Waals surface area contributed by atoms with Crippen molar-refractivity contribution < 1.29 is 14.3 Å². The second-order valence-corrected chi connectivity index (χ2v) is 8.52. The summed E-state index contributed by atoms with van der Waals surface area (Å²) in [4.78, 5) is 32.9. The third-order valence-corrected chi connectivity index (χ3v) is 5.46. The van der Waals surface area contributed by atoms with E-state index < -0.39 is 0 Å². The minimum atomic E-state index is -0.276. The minimum absolute atomic E-state index is 0.0925. The molecular formula is C20H26N4O3S. The molecule has 1 aliphatic heterocycles. The van der Waals surface area contributed by atoms with E-state index in [0.29, 0.717) is 37.1 Å². The molecule has 2 heterocycles. The molecule has 1 aliphatic rings. The van der Waals surface area contributed by atoms with Gasteiger partial charge in [0.1, 0.15) is 5.69 Å². The number of carbonyl (C=O) groups is 2. The van der Waals surface area contributed by atoms with E-state index >= 15 is 0 Å². The van der Waals surface area contributed by atoms with Crippen LogP contribution in [0.3, 0.4) is 0 Å². The molecule has 1 N–H and O–H groups in total. The maximum absolute atomic E-state index is 12.7. The van der Waals surface area contributed by atoms with Gasteiger partial charge in [-0.15, -0.1) is 11.3 Å². The lowest BCUT2D eigenvalue weighted by Gasteiger charge is -2.22. The van der Waals surface area contributed by atoms with Crippen LogP contribution in [0.4, 0.5) is 15.6 Å². The lowest BCUT2D eigenvalue weighted by molar-refractivity contribution is 0.102. The topological polar surface area (TPSA) is 74.8 Å². The number of methoxy groups -OCH3 is 1. The van der Waals surface area contributed by atoms with Crippen LogP contribution in [0.15, 0.2) is 29.6 Å². The Kier molecular flexibility index (Phi) is 6.00. The average Bonchev–Trinajstić information content (AvgIpc) is 3.26. The lowest BCUT2D eigenvalue weighted by atomic mass is 9.86. The molecule has 1 aromatic carbocycles. The van der Waals surface area contributed by atoms with Crippen molar-refractivity contribution in [3.63, 3.8) is 0 Å². The number of urea groups is 1. The van der Waals surface area contributed by atoms with Crippen molar-refractivity contribution in [2.24, 2.45) is 0 Å². The summed E-state index contributed by atoms with van der Waals surface area (Å²) in [6.45, 7) is 8.55. The van der Waals surface area contributed by atoms with E-state index in [1.807, 2.05) is 24.3 Å². The van der Waals surface area contributed by atoms with Crippen molar-refractivity contribution in [3.8, 4) is 0 Å². The van der Waals surface area contributed by atoms with E-state index in [4.69, 9.17) is 4.74 Å². The second-order valence-electron chi connectivity index (χ2n) is 7.68. The fraction of sp³-hybridized carbons (Fsp3) is 0.450. The first-order chi connectivity index (χ1) is 13.3. The maximum Gasteiger partial charge on any atom is 0.326 e. The first-order valence-corrected chi connectivity index (χ1v) is 10.1.